The predicted octanol–water partition coefficient (Wildman–Crippen LogP) is 3.01. The molecule has 1 aliphatic carbocycles. The molecule has 0 heterocycles. The van der Waals surface area contributed by atoms with Gasteiger partial charge in [-0.05, 0) is 42.7 Å². The van der Waals surface area contributed by atoms with Gasteiger partial charge in [-0.2, -0.15) is 0 Å². The molecule has 0 saturated heterocycles. The van der Waals surface area contributed by atoms with Gasteiger partial charge in [-0.1, -0.05) is 30.3 Å². The molecule has 0 unspecified atom stereocenters. The van der Waals surface area contributed by atoms with Gasteiger partial charge >= 0.3 is 6.03 Å². The molecule has 2 aromatic rings. The monoisotopic (exact) mass is 353 g/mol. The van der Waals surface area contributed by atoms with Gasteiger partial charge in [-0.25, -0.2) is 4.79 Å². The highest BCUT2D eigenvalue weighted by atomic mass is 16.5. The van der Waals surface area contributed by atoms with Crippen LogP contribution in [0.25, 0.3) is 0 Å². The molecule has 1 fully saturated rings. The molecule has 6 nitrogen and oxygen atoms in total. The number of carbonyl (C=O) groups excluding carboxylic acids is 2. The Morgan fingerprint density at radius 1 is 1.08 bits per heavy atom. The number of urea groups is 1. The number of carbonyl (C=O) groups is 2. The Kier molecular flexibility index (Phi) is 5.86. The minimum atomic E-state index is -0.532. The summed E-state index contributed by atoms with van der Waals surface area (Å²) in [6.07, 6.45) is 2.19. The van der Waals surface area contributed by atoms with Gasteiger partial charge in [0.2, 0.25) is 5.91 Å². The first-order valence-corrected chi connectivity index (χ1v) is 8.67. The number of hydrogen-bond acceptors (Lipinski definition) is 4. The highest BCUT2D eigenvalue weighted by Gasteiger charge is 2.30. The molecule has 26 heavy (non-hydrogen) atoms. The number of ether oxygens (including phenoxy) is 1. The van der Waals surface area contributed by atoms with E-state index in [1.165, 1.54) is 0 Å². The number of nitrogens with one attached hydrogen (secondary N) is 2. The molecule has 6 heteroatoms. The zero-order chi connectivity index (χ0) is 18.4. The first-order valence-electron chi connectivity index (χ1n) is 8.67. The van der Waals surface area contributed by atoms with Crippen molar-refractivity contribution in [2.75, 3.05) is 19.0 Å². The van der Waals surface area contributed by atoms with Crippen LogP contribution in [0.2, 0.25) is 0 Å². The minimum Gasteiger partial charge on any atom is -0.497 e. The maximum Gasteiger partial charge on any atom is 0.325 e. The summed E-state index contributed by atoms with van der Waals surface area (Å²) < 4.78 is 5.07. The van der Waals surface area contributed by atoms with Gasteiger partial charge < -0.3 is 10.1 Å². The third-order valence-corrected chi connectivity index (χ3v) is 4.24. The van der Waals surface area contributed by atoms with E-state index in [2.05, 4.69) is 15.5 Å². The second kappa shape index (κ2) is 8.49. The lowest BCUT2D eigenvalue weighted by atomic mass is 10.2. The van der Waals surface area contributed by atoms with E-state index in [1.807, 2.05) is 30.3 Å². The van der Waals surface area contributed by atoms with Crippen molar-refractivity contribution in [3.63, 3.8) is 0 Å². The summed E-state index contributed by atoms with van der Waals surface area (Å²) in [6, 6.07) is 16.9. The Morgan fingerprint density at radius 2 is 1.77 bits per heavy atom. The summed E-state index contributed by atoms with van der Waals surface area (Å²) in [6.45, 7) is 0.911. The van der Waals surface area contributed by atoms with Gasteiger partial charge in [0, 0.05) is 18.3 Å². The number of imide groups is 1. The van der Waals surface area contributed by atoms with Crippen LogP contribution in [0.5, 0.6) is 5.75 Å². The van der Waals surface area contributed by atoms with Crippen molar-refractivity contribution in [2.24, 2.45) is 0 Å². The number of amides is 3. The van der Waals surface area contributed by atoms with E-state index >= 15 is 0 Å². The van der Waals surface area contributed by atoms with Crippen LogP contribution in [0, 0.1) is 0 Å². The van der Waals surface area contributed by atoms with Gasteiger partial charge in [-0.15, -0.1) is 0 Å². The average Bonchev–Trinajstić information content (AvgIpc) is 3.47. The largest absolute Gasteiger partial charge is 0.497 e. The third kappa shape index (κ3) is 5.32. The number of anilines is 1. The van der Waals surface area contributed by atoms with Crippen molar-refractivity contribution in [2.45, 2.75) is 25.4 Å². The van der Waals surface area contributed by atoms with E-state index in [4.69, 9.17) is 4.74 Å². The lowest BCUT2D eigenvalue weighted by Crippen LogP contribution is -2.42. The van der Waals surface area contributed by atoms with Crippen LogP contribution >= 0.6 is 0 Å². The number of rotatable bonds is 7. The first kappa shape index (κ1) is 17.9. The fourth-order valence-corrected chi connectivity index (χ4v) is 2.76. The van der Waals surface area contributed by atoms with Crippen LogP contribution in [0.4, 0.5) is 10.5 Å². The van der Waals surface area contributed by atoms with Crippen LogP contribution in [-0.4, -0.2) is 36.5 Å². The zero-order valence-corrected chi connectivity index (χ0v) is 14.8. The Bertz CT molecular complexity index is 743. The van der Waals surface area contributed by atoms with Gasteiger partial charge in [-0.3, -0.25) is 15.0 Å². The smallest absolute Gasteiger partial charge is 0.325 e. The van der Waals surface area contributed by atoms with Crippen LogP contribution in [-0.2, 0) is 11.3 Å². The topological polar surface area (TPSA) is 70.7 Å². The molecule has 2 aromatic carbocycles. The predicted molar refractivity (Wildman–Crippen MR) is 100 cm³/mol. The van der Waals surface area contributed by atoms with E-state index in [0.717, 1.165) is 18.4 Å². The summed E-state index contributed by atoms with van der Waals surface area (Å²) in [5, 5.41) is 5.04. The second-order valence-corrected chi connectivity index (χ2v) is 6.35. The molecular weight excluding hydrogens is 330 g/mol. The molecule has 1 saturated carbocycles. The highest BCUT2D eigenvalue weighted by Crippen LogP contribution is 2.28. The van der Waals surface area contributed by atoms with Crippen LogP contribution in [0.1, 0.15) is 18.4 Å². The fraction of sp³-hybridized carbons (Fsp3) is 0.300. The van der Waals surface area contributed by atoms with Gasteiger partial charge in [0.15, 0.2) is 0 Å². The molecule has 0 atom stereocenters. The maximum absolute atomic E-state index is 12.2. The van der Waals surface area contributed by atoms with E-state index in [9.17, 15) is 9.59 Å². The van der Waals surface area contributed by atoms with E-state index in [-0.39, 0.29) is 12.5 Å². The standard InChI is InChI=1S/C20H23N3O3/c1-26-18-11-7-16(8-12-18)21-20(25)22-19(24)14-23(17-9-10-17)13-15-5-3-2-4-6-15/h2-8,11-12,17H,9-10,13-14H2,1H3,(H2,21,22,24,25). The quantitative estimate of drug-likeness (QED) is 0.803. The number of hydrogen-bond donors (Lipinski definition) is 2. The number of nitrogens with zero attached hydrogens (tertiary/aromatic N) is 1. The van der Waals surface area contributed by atoms with E-state index in [0.29, 0.717) is 24.0 Å². The SMILES string of the molecule is COc1ccc(NC(=O)NC(=O)CN(Cc2ccccc2)C2CC2)cc1. The lowest BCUT2D eigenvalue weighted by Gasteiger charge is -2.21. The Balaban J connectivity index is 1.50. The van der Waals surface area contributed by atoms with Crippen molar-refractivity contribution < 1.29 is 14.3 Å². The molecule has 0 spiro atoms. The highest BCUT2D eigenvalue weighted by molar-refractivity contribution is 6.01. The van der Waals surface area contributed by atoms with Crippen molar-refractivity contribution in [3.05, 3.63) is 60.2 Å². The summed E-state index contributed by atoms with van der Waals surface area (Å²) in [5.41, 5.74) is 1.76. The Morgan fingerprint density at radius 3 is 2.38 bits per heavy atom. The molecule has 3 rings (SSSR count). The summed E-state index contributed by atoms with van der Waals surface area (Å²) in [5.74, 6) is 0.395. The van der Waals surface area contributed by atoms with Crippen LogP contribution < -0.4 is 15.4 Å². The van der Waals surface area contributed by atoms with Crippen molar-refractivity contribution in [1.29, 1.82) is 0 Å². The van der Waals surface area contributed by atoms with Gasteiger partial charge in [0.25, 0.3) is 0 Å². The second-order valence-electron chi connectivity index (χ2n) is 6.35. The average molecular weight is 353 g/mol. The zero-order valence-electron chi connectivity index (χ0n) is 14.8. The minimum absolute atomic E-state index is 0.204. The Labute approximate surface area is 153 Å². The summed E-state index contributed by atoms with van der Waals surface area (Å²) in [7, 11) is 1.58. The number of benzene rings is 2. The molecule has 0 bridgehead atoms. The van der Waals surface area contributed by atoms with Crippen molar-refractivity contribution in [1.82, 2.24) is 10.2 Å². The summed E-state index contributed by atoms with van der Waals surface area (Å²) in [4.78, 5) is 26.4. The van der Waals surface area contributed by atoms with E-state index in [1.54, 1.807) is 31.4 Å². The van der Waals surface area contributed by atoms with E-state index < -0.39 is 6.03 Å². The van der Waals surface area contributed by atoms with Crippen molar-refractivity contribution in [3.8, 4) is 5.75 Å². The van der Waals surface area contributed by atoms with Crippen molar-refractivity contribution >= 4 is 17.6 Å². The Hall–Kier alpha value is -2.86. The lowest BCUT2D eigenvalue weighted by molar-refractivity contribution is -0.121. The number of methoxy groups -OCH3 is 1. The molecule has 136 valence electrons. The first-order chi connectivity index (χ1) is 12.6. The van der Waals surface area contributed by atoms with Crippen LogP contribution in [0.15, 0.2) is 54.6 Å². The normalized spacial score (nSPS) is 13.3. The molecule has 3 amide bonds. The maximum atomic E-state index is 12.2. The molecule has 0 aromatic heterocycles. The molecule has 0 aliphatic heterocycles. The molecule has 0 radical (unpaired) electrons. The van der Waals surface area contributed by atoms with Gasteiger partial charge in [0.1, 0.15) is 5.75 Å². The third-order valence-electron chi connectivity index (χ3n) is 4.24. The van der Waals surface area contributed by atoms with Gasteiger partial charge in [0.05, 0.1) is 13.7 Å². The summed E-state index contributed by atoms with van der Waals surface area (Å²) >= 11 is 0. The molecule has 2 N–H and O–H groups in total. The molecular formula is C20H23N3O3. The fourth-order valence-electron chi connectivity index (χ4n) is 2.76. The molecule has 1 aliphatic rings. The van der Waals surface area contributed by atoms with Crippen LogP contribution in [0.3, 0.4) is 0 Å².